The summed E-state index contributed by atoms with van der Waals surface area (Å²) >= 11 is 0. The number of hydrogen-bond acceptors (Lipinski definition) is 7. The third-order valence-corrected chi connectivity index (χ3v) is 10.8. The molecule has 2 unspecified atom stereocenters. The minimum absolute atomic E-state index is 0.0866. The largest absolute Gasteiger partial charge is 0.494 e. The first-order valence-electron chi connectivity index (χ1n) is 21.7. The Balaban J connectivity index is 0.000000291. The number of aliphatic carboxylic acids is 1. The molecular formula is C46H74N2O6. The van der Waals surface area contributed by atoms with Crippen molar-refractivity contribution in [2.75, 3.05) is 59.1 Å². The van der Waals surface area contributed by atoms with Gasteiger partial charge in [0.05, 0.1) is 32.7 Å². The summed E-state index contributed by atoms with van der Waals surface area (Å²) in [5.74, 6) is 2.19. The van der Waals surface area contributed by atoms with Crippen molar-refractivity contribution in [1.29, 1.82) is 0 Å². The van der Waals surface area contributed by atoms with E-state index in [0.29, 0.717) is 31.4 Å². The molecule has 2 fully saturated rings. The first kappa shape index (κ1) is 45.3. The third-order valence-electron chi connectivity index (χ3n) is 10.8. The Morgan fingerprint density at radius 1 is 0.611 bits per heavy atom. The number of carboxylic acid groups (broad SMARTS) is 1. The van der Waals surface area contributed by atoms with E-state index in [1.165, 1.54) is 94.6 Å². The van der Waals surface area contributed by atoms with E-state index in [1.807, 2.05) is 6.92 Å². The SMILES string of the molecule is CCCCCCCCOc1ccc(C2CCCN(CCC(=O)O)C2)cc1.CCCCCCCCOc1ccc(C2CCCN(CCC(=O)OCC)C2)cc1. The van der Waals surface area contributed by atoms with Gasteiger partial charge in [0, 0.05) is 26.2 Å². The van der Waals surface area contributed by atoms with Crippen LogP contribution >= 0.6 is 0 Å². The summed E-state index contributed by atoms with van der Waals surface area (Å²) < 4.78 is 16.8. The van der Waals surface area contributed by atoms with Gasteiger partial charge in [0.1, 0.15) is 11.5 Å². The molecule has 0 bridgehead atoms. The van der Waals surface area contributed by atoms with Gasteiger partial charge in [-0.2, -0.15) is 0 Å². The van der Waals surface area contributed by atoms with Crippen molar-refractivity contribution < 1.29 is 28.9 Å². The lowest BCUT2D eigenvalue weighted by molar-refractivity contribution is -0.143. The number of unbranched alkanes of at least 4 members (excludes halogenated alkanes) is 10. The number of carbonyl (C=O) groups excluding carboxylic acids is 1. The normalized spacial score (nSPS) is 17.7. The fourth-order valence-electron chi connectivity index (χ4n) is 7.61. The number of nitrogens with zero attached hydrogens (tertiary/aromatic N) is 2. The van der Waals surface area contributed by atoms with Crippen LogP contribution in [0, 0.1) is 0 Å². The fraction of sp³-hybridized carbons (Fsp3) is 0.696. The first-order chi connectivity index (χ1) is 26.4. The number of benzene rings is 2. The minimum atomic E-state index is -0.709. The van der Waals surface area contributed by atoms with Crippen LogP contribution in [-0.2, 0) is 14.3 Å². The molecule has 2 aromatic rings. The van der Waals surface area contributed by atoms with E-state index in [9.17, 15) is 9.59 Å². The van der Waals surface area contributed by atoms with Crippen LogP contribution in [0.5, 0.6) is 11.5 Å². The molecule has 1 N–H and O–H groups in total. The molecule has 0 aromatic heterocycles. The summed E-state index contributed by atoms with van der Waals surface area (Å²) in [4.78, 5) is 27.0. The van der Waals surface area contributed by atoms with Gasteiger partial charge in [0.2, 0.25) is 0 Å². The molecule has 0 aliphatic carbocycles. The summed E-state index contributed by atoms with van der Waals surface area (Å²) in [6.45, 7) is 14.0. The molecule has 2 heterocycles. The zero-order valence-corrected chi connectivity index (χ0v) is 34.2. The predicted octanol–water partition coefficient (Wildman–Crippen LogP) is 10.6. The van der Waals surface area contributed by atoms with Crippen LogP contribution in [0.3, 0.4) is 0 Å². The number of hydrogen-bond donors (Lipinski definition) is 1. The van der Waals surface area contributed by atoms with E-state index < -0.39 is 5.97 Å². The maximum atomic E-state index is 11.6. The van der Waals surface area contributed by atoms with Crippen molar-refractivity contribution in [3.8, 4) is 11.5 Å². The van der Waals surface area contributed by atoms with Crippen LogP contribution in [0.15, 0.2) is 48.5 Å². The van der Waals surface area contributed by atoms with Gasteiger partial charge in [-0.05, 0) is 106 Å². The van der Waals surface area contributed by atoms with Crippen LogP contribution in [0.2, 0.25) is 0 Å². The molecule has 304 valence electrons. The van der Waals surface area contributed by atoms with Crippen molar-refractivity contribution in [3.05, 3.63) is 59.7 Å². The Bertz CT molecular complexity index is 1250. The zero-order chi connectivity index (χ0) is 38.6. The van der Waals surface area contributed by atoms with Crippen LogP contribution in [-0.4, -0.2) is 85.9 Å². The summed E-state index contributed by atoms with van der Waals surface area (Å²) in [5, 5.41) is 8.86. The van der Waals surface area contributed by atoms with Crippen LogP contribution in [0.4, 0.5) is 0 Å². The molecule has 0 saturated carbocycles. The first-order valence-corrected chi connectivity index (χ1v) is 21.7. The molecule has 2 aromatic carbocycles. The van der Waals surface area contributed by atoms with E-state index in [4.69, 9.17) is 19.3 Å². The summed E-state index contributed by atoms with van der Waals surface area (Å²) in [6, 6.07) is 17.2. The van der Waals surface area contributed by atoms with Crippen molar-refractivity contribution in [1.82, 2.24) is 9.80 Å². The molecule has 8 heteroatoms. The van der Waals surface area contributed by atoms with Gasteiger partial charge in [-0.3, -0.25) is 9.59 Å². The van der Waals surface area contributed by atoms with Crippen molar-refractivity contribution >= 4 is 11.9 Å². The Kier molecular flexibility index (Phi) is 23.8. The van der Waals surface area contributed by atoms with Gasteiger partial charge in [-0.25, -0.2) is 0 Å². The zero-order valence-electron chi connectivity index (χ0n) is 34.2. The predicted molar refractivity (Wildman–Crippen MR) is 221 cm³/mol. The molecule has 0 spiro atoms. The standard InChI is InChI=1S/C24H39NO3.C22H35NO3/c1-3-5-6-7-8-9-19-28-23-14-12-21(13-15-23)22-11-10-17-25(20-22)18-16-24(26)27-4-2;1-2-3-4-5-6-7-17-26-21-12-10-19(11-13-21)20-9-8-15-23(18-20)16-14-22(24)25/h12-15,22H,3-11,16-20H2,1-2H3;10-13,20H,2-9,14-18H2,1H3,(H,24,25). The minimum Gasteiger partial charge on any atom is -0.494 e. The van der Waals surface area contributed by atoms with Gasteiger partial charge in [-0.1, -0.05) is 102 Å². The number of carboxylic acids is 1. The van der Waals surface area contributed by atoms with E-state index >= 15 is 0 Å². The summed E-state index contributed by atoms with van der Waals surface area (Å²) in [7, 11) is 0. The van der Waals surface area contributed by atoms with Gasteiger partial charge >= 0.3 is 11.9 Å². The lowest BCUT2D eigenvalue weighted by atomic mass is 9.90. The average Bonchev–Trinajstić information content (AvgIpc) is 3.20. The fourth-order valence-corrected chi connectivity index (χ4v) is 7.61. The van der Waals surface area contributed by atoms with E-state index in [0.717, 1.165) is 76.7 Å². The lowest BCUT2D eigenvalue weighted by Crippen LogP contribution is -2.36. The molecular weight excluding hydrogens is 677 g/mol. The highest BCUT2D eigenvalue weighted by molar-refractivity contribution is 5.69. The quantitative estimate of drug-likeness (QED) is 0.0793. The highest BCUT2D eigenvalue weighted by Gasteiger charge is 2.23. The maximum Gasteiger partial charge on any atom is 0.307 e. The second-order valence-electron chi connectivity index (χ2n) is 15.3. The monoisotopic (exact) mass is 751 g/mol. The average molecular weight is 751 g/mol. The van der Waals surface area contributed by atoms with E-state index in [1.54, 1.807) is 0 Å². The van der Waals surface area contributed by atoms with Gasteiger partial charge in [0.15, 0.2) is 0 Å². The number of piperidine rings is 2. The topological polar surface area (TPSA) is 88.5 Å². The Labute approximate surface area is 328 Å². The molecule has 2 atom stereocenters. The Morgan fingerprint density at radius 2 is 1.04 bits per heavy atom. The van der Waals surface area contributed by atoms with Crippen LogP contribution in [0.1, 0.15) is 159 Å². The molecule has 2 aliphatic rings. The second kappa shape index (κ2) is 28.3. The highest BCUT2D eigenvalue weighted by atomic mass is 16.5. The number of carbonyl (C=O) groups is 2. The van der Waals surface area contributed by atoms with Gasteiger partial charge < -0.3 is 29.1 Å². The number of likely N-dealkylation sites (tertiary alicyclic amines) is 2. The van der Waals surface area contributed by atoms with Crippen molar-refractivity contribution in [2.45, 2.75) is 148 Å². The van der Waals surface area contributed by atoms with Crippen molar-refractivity contribution in [2.24, 2.45) is 0 Å². The molecule has 8 nitrogen and oxygen atoms in total. The molecule has 2 aliphatic heterocycles. The second-order valence-corrected chi connectivity index (χ2v) is 15.3. The number of ether oxygens (including phenoxy) is 3. The summed E-state index contributed by atoms with van der Waals surface area (Å²) in [6.07, 6.45) is 20.9. The number of rotatable bonds is 25. The lowest BCUT2D eigenvalue weighted by Gasteiger charge is -2.32. The smallest absolute Gasteiger partial charge is 0.307 e. The molecule has 0 radical (unpaired) electrons. The van der Waals surface area contributed by atoms with E-state index in [2.05, 4.69) is 72.2 Å². The maximum absolute atomic E-state index is 11.6. The Morgan fingerprint density at radius 3 is 1.46 bits per heavy atom. The molecule has 4 rings (SSSR count). The molecule has 54 heavy (non-hydrogen) atoms. The summed E-state index contributed by atoms with van der Waals surface area (Å²) in [5.41, 5.74) is 2.73. The Hall–Kier alpha value is -3.10. The third kappa shape index (κ3) is 19.5. The van der Waals surface area contributed by atoms with Crippen molar-refractivity contribution in [3.63, 3.8) is 0 Å². The molecule has 2 saturated heterocycles. The highest BCUT2D eigenvalue weighted by Crippen LogP contribution is 2.30. The van der Waals surface area contributed by atoms with E-state index in [-0.39, 0.29) is 12.4 Å². The van der Waals surface area contributed by atoms with Gasteiger partial charge in [0.25, 0.3) is 0 Å². The molecule has 0 amide bonds. The van der Waals surface area contributed by atoms with Crippen LogP contribution in [0.25, 0.3) is 0 Å². The van der Waals surface area contributed by atoms with Gasteiger partial charge in [-0.15, -0.1) is 0 Å². The van der Waals surface area contributed by atoms with Crippen LogP contribution < -0.4 is 9.47 Å². The number of esters is 1.